The van der Waals surface area contributed by atoms with Gasteiger partial charge in [-0.2, -0.15) is 5.26 Å². The molecule has 8 nitrogen and oxygen atoms in total. The normalized spacial score (nSPS) is 19.7. The molecule has 9 heteroatoms. The molecule has 0 unspecified atom stereocenters. The van der Waals surface area contributed by atoms with Crippen LogP contribution in [0.1, 0.15) is 32.1 Å². The average molecular weight is 607 g/mol. The second-order valence-corrected chi connectivity index (χ2v) is 12.5. The molecule has 0 spiro atoms. The van der Waals surface area contributed by atoms with E-state index in [2.05, 4.69) is 46.7 Å². The third-order valence-corrected chi connectivity index (χ3v) is 9.99. The Bertz CT molecular complexity index is 1790. The number of halogens is 1. The van der Waals surface area contributed by atoms with Crippen LogP contribution in [0, 0.1) is 11.3 Å². The monoisotopic (exact) mass is 606 g/mol. The smallest absolute Gasteiger partial charge is 0.246 e. The third kappa shape index (κ3) is 5.04. The zero-order valence-electron chi connectivity index (χ0n) is 24.7. The minimum Gasteiger partial charge on any atom is -0.476 e. The molecule has 0 aliphatic carbocycles. The second-order valence-electron chi connectivity index (χ2n) is 12.1. The number of nitriles is 1. The van der Waals surface area contributed by atoms with Crippen molar-refractivity contribution >= 4 is 45.0 Å². The maximum absolute atomic E-state index is 12.6. The van der Waals surface area contributed by atoms with Crippen LogP contribution >= 0.6 is 11.6 Å². The van der Waals surface area contributed by atoms with Gasteiger partial charge in [0.25, 0.3) is 0 Å². The van der Waals surface area contributed by atoms with Gasteiger partial charge in [0.1, 0.15) is 12.1 Å². The van der Waals surface area contributed by atoms with Crippen LogP contribution in [0.4, 0.5) is 5.69 Å². The summed E-state index contributed by atoms with van der Waals surface area (Å²) in [6, 6.07) is 18.1. The molecule has 4 aromatic rings. The molecule has 44 heavy (non-hydrogen) atoms. The number of piperazine rings is 1. The van der Waals surface area contributed by atoms with Crippen molar-refractivity contribution in [3.05, 3.63) is 72.4 Å². The highest BCUT2D eigenvalue weighted by Gasteiger charge is 2.45. The van der Waals surface area contributed by atoms with Crippen molar-refractivity contribution < 1.29 is 9.53 Å². The zero-order valence-corrected chi connectivity index (χ0v) is 25.5. The fourth-order valence-electron chi connectivity index (χ4n) is 7.50. The van der Waals surface area contributed by atoms with Crippen molar-refractivity contribution in [1.29, 1.82) is 5.26 Å². The number of amides is 1. The Morgan fingerprint density at radius 1 is 1.14 bits per heavy atom. The number of pyridine rings is 2. The van der Waals surface area contributed by atoms with Gasteiger partial charge in [0.05, 0.1) is 35.3 Å². The van der Waals surface area contributed by atoms with Crippen LogP contribution in [0.3, 0.4) is 0 Å². The first-order valence-electron chi connectivity index (χ1n) is 15.4. The molecule has 1 atom stereocenters. The standard InChI is InChI=1S/C35H35ClN6O2/c1-2-32(43)42-18-17-40(22-26(42)11-14-37)30-20-31(44-23-35-12-5-15-41(35)16-6-13-35)39-29-19-25(21-38-34(29)30)27-9-3-7-24-8-4-10-28(36)33(24)27/h2-4,7-10,19-21,26H,1,5-6,11-13,15-18,22-23H2/t26-/m0/s1. The van der Waals surface area contributed by atoms with Crippen LogP contribution in [-0.4, -0.2) is 76.6 Å². The van der Waals surface area contributed by atoms with Gasteiger partial charge in [-0.05, 0) is 67.9 Å². The van der Waals surface area contributed by atoms with Crippen LogP contribution in [0.2, 0.25) is 5.02 Å². The molecule has 0 radical (unpaired) electrons. The van der Waals surface area contributed by atoms with E-state index in [9.17, 15) is 10.1 Å². The van der Waals surface area contributed by atoms with Gasteiger partial charge in [-0.25, -0.2) is 4.98 Å². The highest BCUT2D eigenvalue weighted by atomic mass is 35.5. The van der Waals surface area contributed by atoms with Gasteiger partial charge in [-0.3, -0.25) is 14.7 Å². The molecular weight excluding hydrogens is 572 g/mol. The summed E-state index contributed by atoms with van der Waals surface area (Å²) < 4.78 is 6.56. The van der Waals surface area contributed by atoms with Crippen molar-refractivity contribution in [2.45, 2.75) is 43.7 Å². The lowest BCUT2D eigenvalue weighted by molar-refractivity contribution is -0.128. The van der Waals surface area contributed by atoms with E-state index >= 15 is 0 Å². The van der Waals surface area contributed by atoms with Crippen LogP contribution in [-0.2, 0) is 4.79 Å². The topological polar surface area (TPSA) is 85.6 Å². The number of fused-ring (bicyclic) bond motifs is 3. The number of anilines is 1. The molecule has 3 aliphatic heterocycles. The predicted molar refractivity (Wildman–Crippen MR) is 174 cm³/mol. The minimum absolute atomic E-state index is 0.0885. The van der Waals surface area contributed by atoms with E-state index < -0.39 is 0 Å². The molecule has 2 aromatic carbocycles. The molecule has 2 aromatic heterocycles. The fourth-order valence-corrected chi connectivity index (χ4v) is 7.78. The van der Waals surface area contributed by atoms with E-state index in [1.54, 1.807) is 4.90 Å². The first kappa shape index (κ1) is 28.6. The highest BCUT2D eigenvalue weighted by Crippen LogP contribution is 2.40. The maximum atomic E-state index is 12.6. The first-order valence-corrected chi connectivity index (χ1v) is 15.8. The zero-order chi connectivity index (χ0) is 30.3. The van der Waals surface area contributed by atoms with Crippen LogP contribution < -0.4 is 9.64 Å². The Kier molecular flexibility index (Phi) is 7.61. The number of nitrogens with zero attached hydrogens (tertiary/aromatic N) is 6. The van der Waals surface area contributed by atoms with Crippen molar-refractivity contribution in [3.8, 4) is 23.1 Å². The molecule has 0 bridgehead atoms. The van der Waals surface area contributed by atoms with Crippen molar-refractivity contribution in [2.75, 3.05) is 44.2 Å². The third-order valence-electron chi connectivity index (χ3n) is 9.67. The lowest BCUT2D eigenvalue weighted by Gasteiger charge is -2.41. The number of rotatable bonds is 7. The quantitative estimate of drug-likeness (QED) is 0.231. The Morgan fingerprint density at radius 2 is 1.93 bits per heavy atom. The fraction of sp³-hybridized carbons (Fsp3) is 0.371. The molecule has 0 N–H and O–H groups in total. The summed E-state index contributed by atoms with van der Waals surface area (Å²) in [6.07, 6.45) is 8.14. The van der Waals surface area contributed by atoms with E-state index in [1.165, 1.54) is 18.9 Å². The number of hydrogen-bond acceptors (Lipinski definition) is 7. The SMILES string of the molecule is C=CC(=O)N1CCN(c2cc(OCC34CCCN3CCC4)nc3cc(-c4cccc5cccc(Cl)c45)cnc23)C[C@@H]1CC#N. The lowest BCUT2D eigenvalue weighted by Crippen LogP contribution is -2.55. The minimum atomic E-state index is -0.256. The first-order chi connectivity index (χ1) is 21.5. The molecule has 3 aliphatic rings. The molecular formula is C35H35ClN6O2. The number of hydrogen-bond donors (Lipinski definition) is 0. The van der Waals surface area contributed by atoms with Crippen molar-refractivity contribution in [2.24, 2.45) is 0 Å². The average Bonchev–Trinajstić information content (AvgIpc) is 3.63. The molecule has 5 heterocycles. The lowest BCUT2D eigenvalue weighted by atomic mass is 9.95. The van der Waals surface area contributed by atoms with Gasteiger partial charge >= 0.3 is 0 Å². The van der Waals surface area contributed by atoms with E-state index in [1.807, 2.05) is 30.5 Å². The summed E-state index contributed by atoms with van der Waals surface area (Å²) in [6.45, 7) is 8.12. The van der Waals surface area contributed by atoms with Crippen molar-refractivity contribution in [3.63, 3.8) is 0 Å². The summed E-state index contributed by atoms with van der Waals surface area (Å²) in [5.41, 5.74) is 4.39. The molecule has 1 amide bonds. The van der Waals surface area contributed by atoms with Gasteiger partial charge < -0.3 is 14.5 Å². The van der Waals surface area contributed by atoms with Crippen LogP contribution in [0.15, 0.2) is 67.4 Å². The molecule has 3 saturated heterocycles. The van der Waals surface area contributed by atoms with E-state index in [0.717, 1.165) is 64.6 Å². The Hall–Kier alpha value is -4.19. The summed E-state index contributed by atoms with van der Waals surface area (Å²) in [5.74, 6) is 0.416. The van der Waals surface area contributed by atoms with E-state index in [-0.39, 0.29) is 23.9 Å². The highest BCUT2D eigenvalue weighted by molar-refractivity contribution is 6.36. The molecule has 7 rings (SSSR count). The number of ether oxygens (including phenoxy) is 1. The Morgan fingerprint density at radius 3 is 2.70 bits per heavy atom. The molecule has 224 valence electrons. The van der Waals surface area contributed by atoms with Gasteiger partial charge in [0, 0.05) is 47.9 Å². The largest absolute Gasteiger partial charge is 0.476 e. The number of carbonyl (C=O) groups is 1. The number of aromatic nitrogens is 2. The number of carbonyl (C=O) groups excluding carboxylic acids is 1. The van der Waals surface area contributed by atoms with Crippen molar-refractivity contribution in [1.82, 2.24) is 19.8 Å². The second kappa shape index (κ2) is 11.7. The van der Waals surface area contributed by atoms with Crippen LogP contribution in [0.5, 0.6) is 5.88 Å². The Balaban J connectivity index is 1.30. The van der Waals surface area contributed by atoms with Gasteiger partial charge in [0.2, 0.25) is 11.8 Å². The maximum Gasteiger partial charge on any atom is 0.246 e. The number of benzene rings is 2. The summed E-state index contributed by atoms with van der Waals surface area (Å²) in [5, 5.41) is 12.3. The molecule has 3 fully saturated rings. The van der Waals surface area contributed by atoms with Gasteiger partial charge in [0.15, 0.2) is 0 Å². The van der Waals surface area contributed by atoms with Gasteiger partial charge in [-0.15, -0.1) is 0 Å². The summed E-state index contributed by atoms with van der Waals surface area (Å²) >= 11 is 6.69. The summed E-state index contributed by atoms with van der Waals surface area (Å²) in [7, 11) is 0. The van der Waals surface area contributed by atoms with E-state index in [4.69, 9.17) is 26.3 Å². The van der Waals surface area contributed by atoms with Gasteiger partial charge in [-0.1, -0.05) is 48.5 Å². The van der Waals surface area contributed by atoms with Crippen LogP contribution in [0.25, 0.3) is 32.9 Å². The molecule has 0 saturated carbocycles. The van der Waals surface area contributed by atoms with E-state index in [0.29, 0.717) is 37.1 Å². The Labute approximate surface area is 262 Å². The predicted octanol–water partition coefficient (Wildman–Crippen LogP) is 6.23. The summed E-state index contributed by atoms with van der Waals surface area (Å²) in [4.78, 5) is 29.1.